The fourth-order valence-corrected chi connectivity index (χ4v) is 3.41. The van der Waals surface area contributed by atoms with Gasteiger partial charge in [-0.05, 0) is 18.4 Å². The number of hydrogen-bond donors (Lipinski definition) is 2. The van der Waals surface area contributed by atoms with Crippen molar-refractivity contribution >= 4 is 23.6 Å². The second-order valence-corrected chi connectivity index (χ2v) is 7.80. The van der Waals surface area contributed by atoms with E-state index >= 15 is 0 Å². The average Bonchev–Trinajstić information content (AvgIpc) is 3.00. The number of amides is 2. The van der Waals surface area contributed by atoms with E-state index in [2.05, 4.69) is 29.4 Å². The largest absolute Gasteiger partial charge is 0.370 e. The van der Waals surface area contributed by atoms with Crippen molar-refractivity contribution in [2.24, 2.45) is 11.7 Å². The highest BCUT2D eigenvalue weighted by Gasteiger charge is 2.16. The molecule has 0 aliphatic carbocycles. The maximum atomic E-state index is 12.3. The Morgan fingerprint density at radius 1 is 1.19 bits per heavy atom. The molecule has 2 aromatic rings. The van der Waals surface area contributed by atoms with Gasteiger partial charge in [0.1, 0.15) is 5.82 Å². The Kier molecular flexibility index (Phi) is 7.84. The average molecular weight is 390 g/mol. The van der Waals surface area contributed by atoms with Crippen LogP contribution in [0.3, 0.4) is 0 Å². The van der Waals surface area contributed by atoms with Gasteiger partial charge >= 0.3 is 0 Å². The van der Waals surface area contributed by atoms with E-state index in [4.69, 9.17) is 5.73 Å². The number of rotatable bonds is 10. The number of carbonyl (C=O) groups excluding carboxylic acids is 2. The molecule has 1 aromatic heterocycles. The van der Waals surface area contributed by atoms with E-state index < -0.39 is 0 Å². The van der Waals surface area contributed by atoms with Gasteiger partial charge in [-0.15, -0.1) is 10.2 Å². The van der Waals surface area contributed by atoms with E-state index in [-0.39, 0.29) is 30.0 Å². The molecule has 0 saturated carbocycles. The molecule has 7 nitrogen and oxygen atoms in total. The van der Waals surface area contributed by atoms with Crippen molar-refractivity contribution in [2.45, 2.75) is 51.4 Å². The molecule has 2 rings (SSSR count). The second kappa shape index (κ2) is 10.1. The molecule has 2 amide bonds. The smallest absolute Gasteiger partial charge is 0.230 e. The third-order valence-corrected chi connectivity index (χ3v) is 4.91. The standard InChI is InChI=1S/C19H27N5O2S/c1-13(2)11-24-17(10-9-16(20)25)22-23-19(24)27-12-18(26)21-14(3)15-7-5-4-6-8-15/h4-8,13-14H,9-12H2,1-3H3,(H2,20,25)(H,21,26). The number of thioether (sulfide) groups is 1. The molecular formula is C19H27N5O2S. The molecule has 1 aromatic carbocycles. The van der Waals surface area contributed by atoms with Crippen molar-refractivity contribution in [3.63, 3.8) is 0 Å². The molecular weight excluding hydrogens is 362 g/mol. The zero-order valence-corrected chi connectivity index (χ0v) is 16.8. The molecule has 1 atom stereocenters. The summed E-state index contributed by atoms with van der Waals surface area (Å²) in [5.74, 6) is 0.942. The Morgan fingerprint density at radius 3 is 2.52 bits per heavy atom. The van der Waals surface area contributed by atoms with Crippen LogP contribution in [0.15, 0.2) is 35.5 Å². The summed E-state index contributed by atoms with van der Waals surface area (Å²) in [5, 5.41) is 12.1. The first-order valence-corrected chi connectivity index (χ1v) is 10.0. The van der Waals surface area contributed by atoms with Crippen molar-refractivity contribution in [3.05, 3.63) is 41.7 Å². The number of carbonyl (C=O) groups is 2. The van der Waals surface area contributed by atoms with Gasteiger partial charge in [-0.25, -0.2) is 0 Å². The van der Waals surface area contributed by atoms with Gasteiger partial charge in [-0.3, -0.25) is 9.59 Å². The van der Waals surface area contributed by atoms with Crippen molar-refractivity contribution in [1.29, 1.82) is 0 Å². The monoisotopic (exact) mass is 389 g/mol. The maximum absolute atomic E-state index is 12.3. The van der Waals surface area contributed by atoms with Gasteiger partial charge in [0.25, 0.3) is 0 Å². The lowest BCUT2D eigenvalue weighted by atomic mass is 10.1. The first-order chi connectivity index (χ1) is 12.9. The van der Waals surface area contributed by atoms with Crippen LogP contribution in [-0.4, -0.2) is 32.3 Å². The zero-order valence-electron chi connectivity index (χ0n) is 16.0. The Balaban J connectivity index is 1.97. The van der Waals surface area contributed by atoms with Crippen LogP contribution in [0.25, 0.3) is 0 Å². The number of benzene rings is 1. The van der Waals surface area contributed by atoms with Crippen LogP contribution in [-0.2, 0) is 22.6 Å². The SMILES string of the molecule is CC(C)Cn1c(CCC(N)=O)nnc1SCC(=O)NC(C)c1ccccc1. The predicted molar refractivity (Wildman–Crippen MR) is 106 cm³/mol. The summed E-state index contributed by atoms with van der Waals surface area (Å²) in [5.41, 5.74) is 6.30. The predicted octanol–water partition coefficient (Wildman–Crippen LogP) is 2.32. The lowest BCUT2D eigenvalue weighted by molar-refractivity contribution is -0.119. The van der Waals surface area contributed by atoms with Crippen LogP contribution in [0.5, 0.6) is 0 Å². The molecule has 0 aliphatic heterocycles. The minimum Gasteiger partial charge on any atom is -0.370 e. The van der Waals surface area contributed by atoms with E-state index in [1.807, 2.05) is 41.8 Å². The molecule has 3 N–H and O–H groups in total. The zero-order chi connectivity index (χ0) is 19.8. The normalized spacial score (nSPS) is 12.1. The van der Waals surface area contributed by atoms with E-state index in [0.29, 0.717) is 17.5 Å². The van der Waals surface area contributed by atoms with Crippen LogP contribution in [0.4, 0.5) is 0 Å². The number of nitrogens with one attached hydrogen (secondary N) is 1. The molecule has 8 heteroatoms. The van der Waals surface area contributed by atoms with Gasteiger partial charge in [0.15, 0.2) is 5.16 Å². The van der Waals surface area contributed by atoms with Crippen LogP contribution >= 0.6 is 11.8 Å². The molecule has 27 heavy (non-hydrogen) atoms. The maximum Gasteiger partial charge on any atom is 0.230 e. The van der Waals surface area contributed by atoms with E-state index in [1.54, 1.807) is 0 Å². The summed E-state index contributed by atoms with van der Waals surface area (Å²) in [4.78, 5) is 23.4. The highest BCUT2D eigenvalue weighted by atomic mass is 32.2. The van der Waals surface area contributed by atoms with Gasteiger partial charge in [-0.2, -0.15) is 0 Å². The number of nitrogens with zero attached hydrogens (tertiary/aromatic N) is 3. The molecule has 1 heterocycles. The molecule has 0 spiro atoms. The lowest BCUT2D eigenvalue weighted by Crippen LogP contribution is -2.28. The first-order valence-electron chi connectivity index (χ1n) is 9.04. The van der Waals surface area contributed by atoms with E-state index in [1.165, 1.54) is 11.8 Å². The summed E-state index contributed by atoms with van der Waals surface area (Å²) >= 11 is 1.35. The topological polar surface area (TPSA) is 103 Å². The molecule has 146 valence electrons. The van der Waals surface area contributed by atoms with Crippen LogP contribution < -0.4 is 11.1 Å². The van der Waals surface area contributed by atoms with Gasteiger partial charge in [0, 0.05) is 19.4 Å². The highest BCUT2D eigenvalue weighted by Crippen LogP contribution is 2.20. The fraction of sp³-hybridized carbons (Fsp3) is 0.474. The summed E-state index contributed by atoms with van der Waals surface area (Å²) in [7, 11) is 0. The highest BCUT2D eigenvalue weighted by molar-refractivity contribution is 7.99. The number of nitrogens with two attached hydrogens (primary N) is 1. The quantitative estimate of drug-likeness (QED) is 0.607. The Bertz CT molecular complexity index is 761. The van der Waals surface area contributed by atoms with Gasteiger partial charge in [-0.1, -0.05) is 55.9 Å². The van der Waals surface area contributed by atoms with E-state index in [0.717, 1.165) is 17.9 Å². The van der Waals surface area contributed by atoms with Gasteiger partial charge in [0.2, 0.25) is 11.8 Å². The molecule has 0 aliphatic rings. The minimum atomic E-state index is -0.363. The molecule has 1 unspecified atom stereocenters. The van der Waals surface area contributed by atoms with Crippen molar-refractivity contribution in [3.8, 4) is 0 Å². The number of aromatic nitrogens is 3. The van der Waals surface area contributed by atoms with Crippen molar-refractivity contribution in [1.82, 2.24) is 20.1 Å². The third-order valence-electron chi connectivity index (χ3n) is 3.95. The Hall–Kier alpha value is -2.35. The number of primary amides is 1. The summed E-state index contributed by atoms with van der Waals surface area (Å²) in [6.07, 6.45) is 0.683. The number of hydrogen-bond acceptors (Lipinski definition) is 5. The lowest BCUT2D eigenvalue weighted by Gasteiger charge is -2.15. The van der Waals surface area contributed by atoms with E-state index in [9.17, 15) is 9.59 Å². The first kappa shape index (κ1) is 21.0. The summed E-state index contributed by atoms with van der Waals surface area (Å²) < 4.78 is 1.98. The van der Waals surface area contributed by atoms with Crippen LogP contribution in [0, 0.1) is 5.92 Å². The fourth-order valence-electron chi connectivity index (χ4n) is 2.63. The molecule has 0 bridgehead atoms. The van der Waals surface area contributed by atoms with Gasteiger partial charge in [0.05, 0.1) is 11.8 Å². The molecule has 0 fully saturated rings. The second-order valence-electron chi connectivity index (χ2n) is 6.86. The van der Waals surface area contributed by atoms with Crippen LogP contribution in [0.1, 0.15) is 44.6 Å². The third kappa shape index (κ3) is 6.71. The Morgan fingerprint density at radius 2 is 1.89 bits per heavy atom. The van der Waals surface area contributed by atoms with Crippen molar-refractivity contribution < 1.29 is 9.59 Å². The minimum absolute atomic E-state index is 0.0565. The molecule has 0 saturated heterocycles. The summed E-state index contributed by atoms with van der Waals surface area (Å²) in [6.45, 7) is 6.88. The van der Waals surface area contributed by atoms with Crippen molar-refractivity contribution in [2.75, 3.05) is 5.75 Å². The summed E-state index contributed by atoms with van der Waals surface area (Å²) in [6, 6.07) is 9.78. The van der Waals surface area contributed by atoms with Crippen LogP contribution in [0.2, 0.25) is 0 Å². The number of aryl methyl sites for hydroxylation is 1. The molecule has 0 radical (unpaired) electrons. The Labute approximate surface area is 164 Å². The van der Waals surface area contributed by atoms with Gasteiger partial charge < -0.3 is 15.6 Å².